The van der Waals surface area contributed by atoms with Gasteiger partial charge in [-0.2, -0.15) is 5.10 Å². The second kappa shape index (κ2) is 9.45. The van der Waals surface area contributed by atoms with Gasteiger partial charge in [0, 0.05) is 24.8 Å². The average molecular weight is 411 g/mol. The Morgan fingerprint density at radius 1 is 1.27 bits per heavy atom. The van der Waals surface area contributed by atoms with Crippen LogP contribution in [0.15, 0.2) is 35.0 Å². The van der Waals surface area contributed by atoms with Gasteiger partial charge in [-0.15, -0.1) is 0 Å². The summed E-state index contributed by atoms with van der Waals surface area (Å²) in [6.45, 7) is 7.10. The molecule has 1 fully saturated rings. The first-order valence-corrected chi connectivity index (χ1v) is 10.6. The summed E-state index contributed by atoms with van der Waals surface area (Å²) in [4.78, 5) is 2.52. The zero-order chi connectivity index (χ0) is 20.9. The number of nitrogens with one attached hydrogen (secondary N) is 1. The molecule has 3 heterocycles. The van der Waals surface area contributed by atoms with Gasteiger partial charge in [0.15, 0.2) is 5.76 Å². The SMILES string of the molecule is CCOCc1cc(CN2CCCC[C@@H]2c2[nH]ncc2-c2cc(C)no2)ccc1OC. The van der Waals surface area contributed by atoms with Crippen molar-refractivity contribution in [2.75, 3.05) is 20.3 Å². The normalized spacial score (nSPS) is 17.4. The highest BCUT2D eigenvalue weighted by Crippen LogP contribution is 2.37. The van der Waals surface area contributed by atoms with Crippen LogP contribution in [-0.2, 0) is 17.9 Å². The van der Waals surface area contributed by atoms with Crippen molar-refractivity contribution in [2.45, 2.75) is 52.3 Å². The zero-order valence-electron chi connectivity index (χ0n) is 18.0. The summed E-state index contributed by atoms with van der Waals surface area (Å²) in [6.07, 6.45) is 5.33. The third-order valence-electron chi connectivity index (χ3n) is 5.70. The number of aryl methyl sites for hydroxylation is 1. The van der Waals surface area contributed by atoms with Crippen LogP contribution in [0.2, 0.25) is 0 Å². The molecule has 3 aromatic rings. The average Bonchev–Trinajstić information content (AvgIpc) is 3.41. The van der Waals surface area contributed by atoms with Gasteiger partial charge in [0.2, 0.25) is 0 Å². The number of nitrogens with zero attached hydrogens (tertiary/aromatic N) is 3. The van der Waals surface area contributed by atoms with Crippen molar-refractivity contribution in [2.24, 2.45) is 0 Å². The van der Waals surface area contributed by atoms with Gasteiger partial charge in [-0.3, -0.25) is 10.00 Å². The van der Waals surface area contributed by atoms with Crippen molar-refractivity contribution in [3.8, 4) is 17.1 Å². The molecule has 0 unspecified atom stereocenters. The number of aromatic nitrogens is 3. The quantitative estimate of drug-likeness (QED) is 0.583. The van der Waals surface area contributed by atoms with Crippen LogP contribution >= 0.6 is 0 Å². The van der Waals surface area contributed by atoms with Gasteiger partial charge < -0.3 is 14.0 Å². The molecule has 0 bridgehead atoms. The van der Waals surface area contributed by atoms with Gasteiger partial charge >= 0.3 is 0 Å². The van der Waals surface area contributed by atoms with E-state index < -0.39 is 0 Å². The first-order chi connectivity index (χ1) is 14.7. The molecule has 0 saturated carbocycles. The minimum Gasteiger partial charge on any atom is -0.496 e. The van der Waals surface area contributed by atoms with E-state index in [-0.39, 0.29) is 6.04 Å². The van der Waals surface area contributed by atoms with Gasteiger partial charge in [0.1, 0.15) is 5.75 Å². The maximum atomic E-state index is 5.63. The van der Waals surface area contributed by atoms with E-state index in [1.807, 2.05) is 32.2 Å². The lowest BCUT2D eigenvalue weighted by molar-refractivity contribution is 0.130. The molecule has 30 heavy (non-hydrogen) atoms. The van der Waals surface area contributed by atoms with Crippen LogP contribution in [-0.4, -0.2) is 40.5 Å². The molecular formula is C23H30N4O3. The van der Waals surface area contributed by atoms with Crippen LogP contribution in [0.4, 0.5) is 0 Å². The molecule has 1 atom stereocenters. The van der Waals surface area contributed by atoms with Crippen LogP contribution < -0.4 is 4.74 Å². The molecule has 0 spiro atoms. The molecule has 1 N–H and O–H groups in total. The van der Waals surface area contributed by atoms with Crippen LogP contribution in [0, 0.1) is 6.92 Å². The van der Waals surface area contributed by atoms with E-state index in [0.29, 0.717) is 13.2 Å². The number of hydrogen-bond donors (Lipinski definition) is 1. The molecule has 2 aromatic heterocycles. The molecule has 1 aliphatic rings. The monoisotopic (exact) mass is 410 g/mol. The number of piperidine rings is 1. The summed E-state index contributed by atoms with van der Waals surface area (Å²) >= 11 is 0. The topological polar surface area (TPSA) is 76.4 Å². The molecule has 1 saturated heterocycles. The van der Waals surface area contributed by atoms with Crippen molar-refractivity contribution in [3.05, 3.63) is 53.0 Å². The fraction of sp³-hybridized carbons (Fsp3) is 0.478. The van der Waals surface area contributed by atoms with E-state index in [1.165, 1.54) is 18.4 Å². The first-order valence-electron chi connectivity index (χ1n) is 10.6. The number of rotatable bonds is 8. The Morgan fingerprint density at radius 2 is 2.17 bits per heavy atom. The summed E-state index contributed by atoms with van der Waals surface area (Å²) in [5, 5.41) is 11.6. The van der Waals surface area contributed by atoms with Crippen molar-refractivity contribution in [3.63, 3.8) is 0 Å². The smallest absolute Gasteiger partial charge is 0.170 e. The standard InChI is InChI=1S/C23H30N4O3/c1-4-29-15-18-12-17(8-9-21(18)28-3)14-27-10-6-5-7-20(27)23-19(13-24-25-23)22-11-16(2)26-30-22/h8-9,11-13,20H,4-7,10,14-15H2,1-3H3,(H,24,25)/t20-/m1/s1. The number of benzene rings is 1. The Morgan fingerprint density at radius 3 is 2.93 bits per heavy atom. The number of methoxy groups -OCH3 is 1. The van der Waals surface area contributed by atoms with Gasteiger partial charge in [0.05, 0.1) is 42.9 Å². The third-order valence-corrected chi connectivity index (χ3v) is 5.70. The van der Waals surface area contributed by atoms with E-state index in [2.05, 4.69) is 32.4 Å². The van der Waals surface area contributed by atoms with Gasteiger partial charge in [-0.25, -0.2) is 0 Å². The number of aromatic amines is 1. The number of likely N-dealkylation sites (tertiary alicyclic amines) is 1. The van der Waals surface area contributed by atoms with Crippen molar-refractivity contribution in [1.29, 1.82) is 0 Å². The van der Waals surface area contributed by atoms with Gasteiger partial charge in [0.25, 0.3) is 0 Å². The predicted molar refractivity (Wildman–Crippen MR) is 114 cm³/mol. The second-order valence-corrected chi connectivity index (χ2v) is 7.80. The highest BCUT2D eigenvalue weighted by atomic mass is 16.5. The Labute approximate surface area is 177 Å². The fourth-order valence-electron chi connectivity index (χ4n) is 4.23. The lowest BCUT2D eigenvalue weighted by Crippen LogP contribution is -2.33. The summed E-state index contributed by atoms with van der Waals surface area (Å²) in [5.74, 6) is 1.64. The lowest BCUT2D eigenvalue weighted by atomic mass is 9.95. The maximum Gasteiger partial charge on any atom is 0.170 e. The van der Waals surface area contributed by atoms with E-state index in [4.69, 9.17) is 14.0 Å². The molecule has 160 valence electrons. The lowest BCUT2D eigenvalue weighted by Gasteiger charge is -2.35. The second-order valence-electron chi connectivity index (χ2n) is 7.80. The fourth-order valence-corrected chi connectivity index (χ4v) is 4.23. The molecular weight excluding hydrogens is 380 g/mol. The van der Waals surface area contributed by atoms with Crippen LogP contribution in [0.1, 0.15) is 54.7 Å². The van der Waals surface area contributed by atoms with Crippen LogP contribution in [0.3, 0.4) is 0 Å². The third kappa shape index (κ3) is 4.42. The minimum absolute atomic E-state index is 0.263. The molecule has 0 amide bonds. The van der Waals surface area contributed by atoms with Gasteiger partial charge in [-0.05, 0) is 50.9 Å². The number of hydrogen-bond acceptors (Lipinski definition) is 6. The van der Waals surface area contributed by atoms with Crippen molar-refractivity contribution in [1.82, 2.24) is 20.3 Å². The summed E-state index contributed by atoms with van der Waals surface area (Å²) in [5.41, 5.74) is 5.32. The molecule has 0 radical (unpaired) electrons. The Bertz CT molecular complexity index is 965. The Hall–Kier alpha value is -2.64. The number of ether oxygens (including phenoxy) is 2. The van der Waals surface area contributed by atoms with Gasteiger partial charge in [-0.1, -0.05) is 17.6 Å². The largest absolute Gasteiger partial charge is 0.496 e. The molecule has 7 heteroatoms. The highest BCUT2D eigenvalue weighted by Gasteiger charge is 2.29. The van der Waals surface area contributed by atoms with E-state index in [9.17, 15) is 0 Å². The molecule has 4 rings (SSSR count). The first kappa shape index (κ1) is 20.6. The highest BCUT2D eigenvalue weighted by molar-refractivity contribution is 5.60. The molecule has 7 nitrogen and oxygen atoms in total. The van der Waals surface area contributed by atoms with Crippen LogP contribution in [0.5, 0.6) is 5.75 Å². The Kier molecular flexibility index (Phi) is 6.50. The van der Waals surface area contributed by atoms with E-state index >= 15 is 0 Å². The van der Waals surface area contributed by atoms with E-state index in [0.717, 1.165) is 53.5 Å². The molecule has 1 aliphatic heterocycles. The predicted octanol–water partition coefficient (Wildman–Crippen LogP) is 4.65. The summed E-state index contributed by atoms with van der Waals surface area (Å²) < 4.78 is 16.7. The van der Waals surface area contributed by atoms with Crippen molar-refractivity contribution >= 4 is 0 Å². The van der Waals surface area contributed by atoms with Crippen molar-refractivity contribution < 1.29 is 14.0 Å². The number of H-pyrrole nitrogens is 1. The molecule has 0 aliphatic carbocycles. The summed E-state index contributed by atoms with van der Waals surface area (Å²) in [6, 6.07) is 8.62. The summed E-state index contributed by atoms with van der Waals surface area (Å²) in [7, 11) is 1.70. The van der Waals surface area contributed by atoms with Crippen LogP contribution in [0.25, 0.3) is 11.3 Å². The minimum atomic E-state index is 0.263. The maximum absolute atomic E-state index is 5.63. The zero-order valence-corrected chi connectivity index (χ0v) is 18.0. The molecule has 1 aromatic carbocycles. The Balaban J connectivity index is 1.58. The van der Waals surface area contributed by atoms with E-state index in [1.54, 1.807) is 7.11 Å².